The Morgan fingerprint density at radius 2 is 2.00 bits per heavy atom. The highest BCUT2D eigenvalue weighted by atomic mass is 16.5. The quantitative estimate of drug-likeness (QED) is 0.856. The van der Waals surface area contributed by atoms with E-state index in [0.717, 1.165) is 22.6 Å². The number of amides is 1. The van der Waals surface area contributed by atoms with Crippen LogP contribution in [0.25, 0.3) is 0 Å². The monoisotopic (exact) mass is 317 g/mol. The Balaban J connectivity index is 2.02. The SMILES string of the molecule is COc1ccc(C)cc1[C@H](C)N[C@@H](C)C(=O)Nc1cc(C)no1. The Morgan fingerprint density at radius 1 is 1.26 bits per heavy atom. The van der Waals surface area contributed by atoms with Crippen molar-refractivity contribution >= 4 is 11.8 Å². The number of anilines is 1. The summed E-state index contributed by atoms with van der Waals surface area (Å²) < 4.78 is 10.4. The van der Waals surface area contributed by atoms with Crippen LogP contribution in [0.4, 0.5) is 5.88 Å². The molecule has 1 amide bonds. The number of hydrogen-bond acceptors (Lipinski definition) is 5. The van der Waals surface area contributed by atoms with Gasteiger partial charge in [-0.1, -0.05) is 22.9 Å². The van der Waals surface area contributed by atoms with Crippen LogP contribution in [0, 0.1) is 13.8 Å². The van der Waals surface area contributed by atoms with Crippen molar-refractivity contribution in [3.05, 3.63) is 41.1 Å². The Bertz CT molecular complexity index is 681. The minimum absolute atomic E-state index is 0.0398. The van der Waals surface area contributed by atoms with Crippen molar-refractivity contribution in [2.45, 2.75) is 39.8 Å². The van der Waals surface area contributed by atoms with E-state index in [-0.39, 0.29) is 11.9 Å². The molecule has 0 radical (unpaired) electrons. The number of hydrogen-bond donors (Lipinski definition) is 2. The fourth-order valence-corrected chi connectivity index (χ4v) is 2.38. The lowest BCUT2D eigenvalue weighted by atomic mass is 10.0. The van der Waals surface area contributed by atoms with Crippen LogP contribution in [0.3, 0.4) is 0 Å². The van der Waals surface area contributed by atoms with E-state index in [1.165, 1.54) is 0 Å². The third-order valence-corrected chi connectivity index (χ3v) is 3.62. The summed E-state index contributed by atoms with van der Waals surface area (Å²) in [5.41, 5.74) is 2.88. The fourth-order valence-electron chi connectivity index (χ4n) is 2.38. The summed E-state index contributed by atoms with van der Waals surface area (Å²) >= 11 is 0. The number of nitrogens with one attached hydrogen (secondary N) is 2. The molecular formula is C17H23N3O3. The molecule has 6 heteroatoms. The first kappa shape index (κ1) is 17.0. The minimum atomic E-state index is -0.402. The smallest absolute Gasteiger partial charge is 0.243 e. The van der Waals surface area contributed by atoms with Crippen molar-refractivity contribution in [3.63, 3.8) is 0 Å². The maximum atomic E-state index is 12.2. The van der Waals surface area contributed by atoms with Crippen molar-refractivity contribution < 1.29 is 14.1 Å². The fraction of sp³-hybridized carbons (Fsp3) is 0.412. The van der Waals surface area contributed by atoms with Gasteiger partial charge < -0.3 is 9.26 Å². The molecule has 0 unspecified atom stereocenters. The van der Waals surface area contributed by atoms with Gasteiger partial charge in [0.1, 0.15) is 5.75 Å². The Kier molecular flexibility index (Phi) is 5.39. The van der Waals surface area contributed by atoms with Crippen LogP contribution in [-0.2, 0) is 4.79 Å². The van der Waals surface area contributed by atoms with Crippen LogP contribution in [0.1, 0.15) is 36.7 Å². The lowest BCUT2D eigenvalue weighted by Crippen LogP contribution is -2.39. The number of nitrogens with zero attached hydrogens (tertiary/aromatic N) is 1. The summed E-state index contributed by atoms with van der Waals surface area (Å²) in [6.45, 7) is 7.63. The average Bonchev–Trinajstić information content (AvgIpc) is 2.92. The van der Waals surface area contributed by atoms with Crippen molar-refractivity contribution in [1.29, 1.82) is 0 Å². The van der Waals surface area contributed by atoms with Gasteiger partial charge in [0.2, 0.25) is 11.8 Å². The number of aromatic nitrogens is 1. The lowest BCUT2D eigenvalue weighted by Gasteiger charge is -2.21. The largest absolute Gasteiger partial charge is 0.496 e. The first-order valence-corrected chi connectivity index (χ1v) is 7.55. The van der Waals surface area contributed by atoms with E-state index in [1.54, 1.807) is 27.0 Å². The molecule has 124 valence electrons. The molecule has 1 aromatic carbocycles. The van der Waals surface area contributed by atoms with Gasteiger partial charge >= 0.3 is 0 Å². The predicted molar refractivity (Wildman–Crippen MR) is 88.6 cm³/mol. The van der Waals surface area contributed by atoms with Gasteiger partial charge in [0.05, 0.1) is 18.8 Å². The molecule has 0 spiro atoms. The van der Waals surface area contributed by atoms with Gasteiger partial charge in [0, 0.05) is 17.7 Å². The lowest BCUT2D eigenvalue weighted by molar-refractivity contribution is -0.118. The molecule has 0 aliphatic rings. The summed E-state index contributed by atoms with van der Waals surface area (Å²) in [4.78, 5) is 12.2. The van der Waals surface area contributed by atoms with Crippen molar-refractivity contribution in [1.82, 2.24) is 10.5 Å². The van der Waals surface area contributed by atoms with Crippen molar-refractivity contribution in [2.75, 3.05) is 12.4 Å². The highest BCUT2D eigenvalue weighted by Crippen LogP contribution is 2.26. The maximum Gasteiger partial charge on any atom is 0.243 e. The molecule has 2 N–H and O–H groups in total. The topological polar surface area (TPSA) is 76.4 Å². The Hall–Kier alpha value is -2.34. The molecule has 0 aliphatic heterocycles. The van der Waals surface area contributed by atoms with E-state index in [9.17, 15) is 4.79 Å². The van der Waals surface area contributed by atoms with E-state index in [1.807, 2.05) is 26.0 Å². The van der Waals surface area contributed by atoms with Crippen LogP contribution in [0.5, 0.6) is 5.75 Å². The van der Waals surface area contributed by atoms with Gasteiger partial charge in [0.15, 0.2) is 0 Å². The molecule has 0 fully saturated rings. The number of carbonyl (C=O) groups excluding carboxylic acids is 1. The van der Waals surface area contributed by atoms with E-state index in [0.29, 0.717) is 5.88 Å². The number of methoxy groups -OCH3 is 1. The van der Waals surface area contributed by atoms with E-state index >= 15 is 0 Å². The molecule has 23 heavy (non-hydrogen) atoms. The summed E-state index contributed by atoms with van der Waals surface area (Å²) in [5.74, 6) is 0.968. The molecule has 0 saturated heterocycles. The van der Waals surface area contributed by atoms with Crippen molar-refractivity contribution in [3.8, 4) is 5.75 Å². The highest BCUT2D eigenvalue weighted by Gasteiger charge is 2.19. The van der Waals surface area contributed by atoms with Crippen molar-refractivity contribution in [2.24, 2.45) is 0 Å². The van der Waals surface area contributed by atoms with Gasteiger partial charge in [-0.25, -0.2) is 0 Å². The van der Waals surface area contributed by atoms with Crippen LogP contribution in [0.2, 0.25) is 0 Å². The predicted octanol–water partition coefficient (Wildman–Crippen LogP) is 2.98. The molecule has 2 atom stereocenters. The van der Waals surface area contributed by atoms with Gasteiger partial charge in [0.25, 0.3) is 0 Å². The molecule has 6 nitrogen and oxygen atoms in total. The average molecular weight is 317 g/mol. The minimum Gasteiger partial charge on any atom is -0.496 e. The van der Waals surface area contributed by atoms with Gasteiger partial charge in [-0.3, -0.25) is 15.4 Å². The second-order valence-electron chi connectivity index (χ2n) is 5.68. The second-order valence-corrected chi connectivity index (χ2v) is 5.68. The third-order valence-electron chi connectivity index (χ3n) is 3.62. The zero-order chi connectivity index (χ0) is 17.0. The highest BCUT2D eigenvalue weighted by molar-refractivity contribution is 5.93. The summed E-state index contributed by atoms with van der Waals surface area (Å²) in [6.07, 6.45) is 0. The van der Waals surface area contributed by atoms with Gasteiger partial charge in [-0.15, -0.1) is 0 Å². The molecule has 1 aromatic heterocycles. The van der Waals surface area contributed by atoms with Crippen LogP contribution < -0.4 is 15.4 Å². The molecule has 2 aromatic rings. The Morgan fingerprint density at radius 3 is 2.61 bits per heavy atom. The van der Waals surface area contributed by atoms with Crippen LogP contribution in [-0.4, -0.2) is 24.2 Å². The zero-order valence-corrected chi connectivity index (χ0v) is 14.1. The molecular weight excluding hydrogens is 294 g/mol. The van der Waals surface area contributed by atoms with Gasteiger partial charge in [-0.2, -0.15) is 0 Å². The summed E-state index contributed by atoms with van der Waals surface area (Å²) in [6, 6.07) is 7.23. The van der Waals surface area contributed by atoms with E-state index < -0.39 is 6.04 Å². The summed E-state index contributed by atoms with van der Waals surface area (Å²) in [5, 5.41) is 9.71. The standard InChI is InChI=1S/C17H23N3O3/c1-10-6-7-15(22-5)14(8-10)12(3)18-13(4)17(21)19-16-9-11(2)20-23-16/h6-9,12-13,18H,1-5H3,(H,19,21)/t12-,13-/m0/s1. The number of ether oxygens (including phenoxy) is 1. The molecule has 0 saturated carbocycles. The normalized spacial score (nSPS) is 13.4. The first-order valence-electron chi connectivity index (χ1n) is 7.55. The van der Waals surface area contributed by atoms with E-state index in [2.05, 4.69) is 21.9 Å². The molecule has 0 bridgehead atoms. The van der Waals surface area contributed by atoms with Crippen LogP contribution >= 0.6 is 0 Å². The zero-order valence-electron chi connectivity index (χ0n) is 14.1. The first-order chi connectivity index (χ1) is 10.9. The number of carbonyl (C=O) groups is 1. The second kappa shape index (κ2) is 7.28. The number of aryl methyl sites for hydroxylation is 2. The number of rotatable bonds is 6. The van der Waals surface area contributed by atoms with E-state index in [4.69, 9.17) is 9.26 Å². The Labute approximate surface area is 136 Å². The number of benzene rings is 1. The van der Waals surface area contributed by atoms with Crippen LogP contribution in [0.15, 0.2) is 28.8 Å². The third kappa shape index (κ3) is 4.32. The molecule has 1 heterocycles. The molecule has 2 rings (SSSR count). The summed E-state index contributed by atoms with van der Waals surface area (Å²) in [7, 11) is 1.64. The maximum absolute atomic E-state index is 12.2. The van der Waals surface area contributed by atoms with Gasteiger partial charge in [-0.05, 0) is 33.8 Å². The molecule has 0 aliphatic carbocycles.